The number of rotatable bonds is 3. The van der Waals surface area contributed by atoms with E-state index in [4.69, 9.17) is 0 Å². The molecular formula is C17H31N3O2. The predicted molar refractivity (Wildman–Crippen MR) is 87.5 cm³/mol. The first-order chi connectivity index (χ1) is 10.4. The Kier molecular flexibility index (Phi) is 5.84. The molecule has 0 aromatic rings. The van der Waals surface area contributed by atoms with Crippen LogP contribution in [0.25, 0.3) is 0 Å². The third-order valence-corrected chi connectivity index (χ3v) is 4.65. The Morgan fingerprint density at radius 2 is 1.41 bits per heavy atom. The SMILES string of the molecule is CC(C)(C)C(=O)N1CCN(CCC(=O)N2CCCCC2)CC1. The van der Waals surface area contributed by atoms with Crippen molar-refractivity contribution in [2.45, 2.75) is 46.5 Å². The number of hydrogen-bond donors (Lipinski definition) is 0. The predicted octanol–water partition coefficient (Wildman–Crippen LogP) is 1.58. The van der Waals surface area contributed by atoms with Gasteiger partial charge < -0.3 is 9.80 Å². The van der Waals surface area contributed by atoms with Crippen LogP contribution in [0, 0.1) is 5.41 Å². The Labute approximate surface area is 134 Å². The van der Waals surface area contributed by atoms with Crippen molar-refractivity contribution in [3.05, 3.63) is 0 Å². The van der Waals surface area contributed by atoms with Gasteiger partial charge in [0.25, 0.3) is 0 Å². The largest absolute Gasteiger partial charge is 0.343 e. The summed E-state index contributed by atoms with van der Waals surface area (Å²) in [6.07, 6.45) is 4.18. The first-order valence-electron chi connectivity index (χ1n) is 8.67. The fourth-order valence-corrected chi connectivity index (χ4v) is 3.20. The van der Waals surface area contributed by atoms with Crippen LogP contribution in [0.3, 0.4) is 0 Å². The van der Waals surface area contributed by atoms with E-state index in [0.29, 0.717) is 12.3 Å². The lowest BCUT2D eigenvalue weighted by Crippen LogP contribution is -2.52. The molecule has 2 rings (SSSR count). The molecule has 2 aliphatic rings. The quantitative estimate of drug-likeness (QED) is 0.795. The third-order valence-electron chi connectivity index (χ3n) is 4.65. The zero-order valence-electron chi connectivity index (χ0n) is 14.4. The van der Waals surface area contributed by atoms with E-state index in [2.05, 4.69) is 4.90 Å². The fourth-order valence-electron chi connectivity index (χ4n) is 3.20. The number of amides is 2. The van der Waals surface area contributed by atoms with E-state index in [9.17, 15) is 9.59 Å². The lowest BCUT2D eigenvalue weighted by molar-refractivity contribution is -0.141. The molecule has 0 N–H and O–H groups in total. The van der Waals surface area contributed by atoms with Gasteiger partial charge in [-0.3, -0.25) is 14.5 Å². The van der Waals surface area contributed by atoms with Gasteiger partial charge in [0.05, 0.1) is 0 Å². The number of piperidine rings is 1. The molecule has 0 aliphatic carbocycles. The molecule has 22 heavy (non-hydrogen) atoms. The summed E-state index contributed by atoms with van der Waals surface area (Å²) in [5.41, 5.74) is -0.299. The van der Waals surface area contributed by atoms with E-state index < -0.39 is 0 Å². The fraction of sp³-hybridized carbons (Fsp3) is 0.882. The van der Waals surface area contributed by atoms with E-state index in [0.717, 1.165) is 58.7 Å². The Morgan fingerprint density at radius 3 is 1.95 bits per heavy atom. The lowest BCUT2D eigenvalue weighted by atomic mass is 9.94. The monoisotopic (exact) mass is 309 g/mol. The summed E-state index contributed by atoms with van der Waals surface area (Å²) in [5, 5.41) is 0. The summed E-state index contributed by atoms with van der Waals surface area (Å²) in [6, 6.07) is 0. The number of piperazine rings is 1. The summed E-state index contributed by atoms with van der Waals surface area (Å²) in [7, 11) is 0. The third kappa shape index (κ3) is 4.70. The Morgan fingerprint density at radius 1 is 0.818 bits per heavy atom. The molecule has 0 unspecified atom stereocenters. The maximum Gasteiger partial charge on any atom is 0.228 e. The maximum absolute atomic E-state index is 12.2. The highest BCUT2D eigenvalue weighted by atomic mass is 16.2. The molecule has 5 heteroatoms. The average Bonchev–Trinajstić information content (AvgIpc) is 2.52. The molecule has 126 valence electrons. The Bertz CT molecular complexity index is 389. The van der Waals surface area contributed by atoms with Gasteiger partial charge in [0.15, 0.2) is 0 Å². The molecule has 0 aromatic carbocycles. The molecule has 0 bridgehead atoms. The highest BCUT2D eigenvalue weighted by Gasteiger charge is 2.29. The second-order valence-corrected chi connectivity index (χ2v) is 7.58. The molecule has 2 amide bonds. The molecule has 5 nitrogen and oxygen atoms in total. The number of likely N-dealkylation sites (tertiary alicyclic amines) is 1. The van der Waals surface area contributed by atoms with E-state index >= 15 is 0 Å². The Hall–Kier alpha value is -1.10. The van der Waals surface area contributed by atoms with Gasteiger partial charge >= 0.3 is 0 Å². The van der Waals surface area contributed by atoms with Crippen molar-refractivity contribution in [2.24, 2.45) is 5.41 Å². The highest BCUT2D eigenvalue weighted by molar-refractivity contribution is 5.81. The van der Waals surface area contributed by atoms with Crippen molar-refractivity contribution in [2.75, 3.05) is 45.8 Å². The molecule has 2 fully saturated rings. The van der Waals surface area contributed by atoms with Gasteiger partial charge in [-0.15, -0.1) is 0 Å². The molecule has 0 spiro atoms. The topological polar surface area (TPSA) is 43.9 Å². The first-order valence-corrected chi connectivity index (χ1v) is 8.67. The van der Waals surface area contributed by atoms with E-state index in [1.165, 1.54) is 6.42 Å². The molecule has 2 heterocycles. The van der Waals surface area contributed by atoms with Crippen LogP contribution in [0.15, 0.2) is 0 Å². The van der Waals surface area contributed by atoms with Gasteiger partial charge in [0.1, 0.15) is 0 Å². The van der Waals surface area contributed by atoms with Crippen LogP contribution in [0.1, 0.15) is 46.5 Å². The van der Waals surface area contributed by atoms with Gasteiger partial charge in [-0.1, -0.05) is 20.8 Å². The molecule has 0 radical (unpaired) electrons. The Balaban J connectivity index is 1.69. The van der Waals surface area contributed by atoms with Crippen LogP contribution in [0.2, 0.25) is 0 Å². The van der Waals surface area contributed by atoms with Gasteiger partial charge in [-0.2, -0.15) is 0 Å². The lowest BCUT2D eigenvalue weighted by Gasteiger charge is -2.37. The van der Waals surface area contributed by atoms with Crippen molar-refractivity contribution in [1.82, 2.24) is 14.7 Å². The summed E-state index contributed by atoms with van der Waals surface area (Å²) in [5.74, 6) is 0.532. The van der Waals surface area contributed by atoms with Crippen LogP contribution in [-0.4, -0.2) is 72.3 Å². The van der Waals surface area contributed by atoms with Crippen molar-refractivity contribution in [1.29, 1.82) is 0 Å². The zero-order chi connectivity index (χ0) is 16.2. The van der Waals surface area contributed by atoms with Crippen molar-refractivity contribution >= 4 is 11.8 Å². The summed E-state index contributed by atoms with van der Waals surface area (Å²) < 4.78 is 0. The summed E-state index contributed by atoms with van der Waals surface area (Å²) in [6.45, 7) is 12.0. The number of nitrogens with zero attached hydrogens (tertiary/aromatic N) is 3. The van der Waals surface area contributed by atoms with Crippen LogP contribution in [0.4, 0.5) is 0 Å². The van der Waals surface area contributed by atoms with Gasteiger partial charge in [-0.25, -0.2) is 0 Å². The number of hydrogen-bond acceptors (Lipinski definition) is 3. The van der Waals surface area contributed by atoms with E-state index in [-0.39, 0.29) is 11.3 Å². The standard InChI is InChI=1S/C17H31N3O2/c1-17(2,3)16(22)20-13-11-18(12-14-20)10-7-15(21)19-8-5-4-6-9-19/h4-14H2,1-3H3. The minimum atomic E-state index is -0.299. The number of carbonyl (C=O) groups excluding carboxylic acids is 2. The molecular weight excluding hydrogens is 278 g/mol. The summed E-state index contributed by atoms with van der Waals surface area (Å²) in [4.78, 5) is 30.7. The minimum absolute atomic E-state index is 0.233. The minimum Gasteiger partial charge on any atom is -0.343 e. The molecule has 0 aromatic heterocycles. The van der Waals surface area contributed by atoms with Crippen LogP contribution in [-0.2, 0) is 9.59 Å². The maximum atomic E-state index is 12.2. The van der Waals surface area contributed by atoms with Crippen LogP contribution < -0.4 is 0 Å². The molecule has 0 atom stereocenters. The highest BCUT2D eigenvalue weighted by Crippen LogP contribution is 2.18. The smallest absolute Gasteiger partial charge is 0.228 e. The summed E-state index contributed by atoms with van der Waals surface area (Å²) >= 11 is 0. The van der Waals surface area contributed by atoms with Crippen LogP contribution >= 0.6 is 0 Å². The first kappa shape index (κ1) is 17.3. The number of carbonyl (C=O) groups is 2. The van der Waals surface area contributed by atoms with Crippen molar-refractivity contribution < 1.29 is 9.59 Å². The van der Waals surface area contributed by atoms with Crippen LogP contribution in [0.5, 0.6) is 0 Å². The average molecular weight is 309 g/mol. The molecule has 2 aliphatic heterocycles. The zero-order valence-corrected chi connectivity index (χ0v) is 14.4. The van der Waals surface area contributed by atoms with Gasteiger partial charge in [-0.05, 0) is 19.3 Å². The molecule has 0 saturated carbocycles. The van der Waals surface area contributed by atoms with Gasteiger partial charge in [0, 0.05) is 57.6 Å². The normalized spacial score (nSPS) is 21.0. The van der Waals surface area contributed by atoms with Crippen molar-refractivity contribution in [3.8, 4) is 0 Å². The van der Waals surface area contributed by atoms with E-state index in [1.807, 2.05) is 30.6 Å². The van der Waals surface area contributed by atoms with E-state index in [1.54, 1.807) is 0 Å². The van der Waals surface area contributed by atoms with Crippen molar-refractivity contribution in [3.63, 3.8) is 0 Å². The second-order valence-electron chi connectivity index (χ2n) is 7.58. The van der Waals surface area contributed by atoms with Gasteiger partial charge in [0.2, 0.25) is 11.8 Å². The second kappa shape index (κ2) is 7.44. The molecule has 2 saturated heterocycles.